The van der Waals surface area contributed by atoms with Crippen LogP contribution in [0.3, 0.4) is 0 Å². The van der Waals surface area contributed by atoms with E-state index in [1.54, 1.807) is 14.2 Å². The van der Waals surface area contributed by atoms with Crippen molar-refractivity contribution in [2.45, 2.75) is 109 Å². The van der Waals surface area contributed by atoms with Gasteiger partial charge in [-0.15, -0.1) is 0 Å². The number of methoxy groups -OCH3 is 2. The average molecular weight is 951 g/mol. The summed E-state index contributed by atoms with van der Waals surface area (Å²) in [5.41, 5.74) is 9.90. The van der Waals surface area contributed by atoms with Crippen molar-refractivity contribution in [3.63, 3.8) is 0 Å². The molecule has 12 heteroatoms. The summed E-state index contributed by atoms with van der Waals surface area (Å²) >= 11 is 0. The van der Waals surface area contributed by atoms with Crippen LogP contribution in [0.15, 0.2) is 84.9 Å². The SMILES string of the molecule is CCCCOCc1ccc([C@H]2CCNC[C@@H]2OCc2ccc3c(c2)N(CCCOC)CCO3)cc1.CCCOCc1ccc([C@H]2CCNC[C@@H]2OCc2ccc3c(c2)N(CCCOC)CCO3)cc1. The zero-order valence-electron chi connectivity index (χ0n) is 42.2. The van der Waals surface area contributed by atoms with Gasteiger partial charge in [0.2, 0.25) is 0 Å². The Bertz CT molecular complexity index is 2050. The van der Waals surface area contributed by atoms with Crippen molar-refractivity contribution in [3.05, 3.63) is 118 Å². The van der Waals surface area contributed by atoms with E-state index in [4.69, 9.17) is 37.9 Å². The van der Waals surface area contributed by atoms with Crippen molar-refractivity contribution in [2.75, 3.05) is 116 Å². The lowest BCUT2D eigenvalue weighted by atomic mass is 9.87. The molecule has 0 aliphatic carbocycles. The van der Waals surface area contributed by atoms with Crippen molar-refractivity contribution in [1.29, 1.82) is 0 Å². The molecule has 0 aromatic heterocycles. The summed E-state index contributed by atoms with van der Waals surface area (Å²) in [5.74, 6) is 2.73. The van der Waals surface area contributed by atoms with Crippen LogP contribution in [0.5, 0.6) is 11.5 Å². The molecule has 4 aromatic carbocycles. The molecule has 0 amide bonds. The van der Waals surface area contributed by atoms with Crippen molar-refractivity contribution in [1.82, 2.24) is 10.6 Å². The van der Waals surface area contributed by atoms with E-state index in [1.165, 1.54) is 51.2 Å². The second kappa shape index (κ2) is 29.2. The van der Waals surface area contributed by atoms with Crippen LogP contribution in [0.1, 0.15) is 104 Å². The number of unbranched alkanes of at least 4 members (excludes halogenated alkanes) is 1. The number of hydrogen-bond acceptors (Lipinski definition) is 12. The van der Waals surface area contributed by atoms with Crippen LogP contribution in [0.25, 0.3) is 0 Å². The summed E-state index contributed by atoms with van der Waals surface area (Å²) in [6.45, 7) is 19.2. The molecule has 2 saturated heterocycles. The maximum absolute atomic E-state index is 6.52. The molecule has 4 aliphatic heterocycles. The zero-order valence-corrected chi connectivity index (χ0v) is 42.2. The van der Waals surface area contributed by atoms with E-state index in [-0.39, 0.29) is 12.2 Å². The van der Waals surface area contributed by atoms with E-state index in [0.29, 0.717) is 38.3 Å². The van der Waals surface area contributed by atoms with Gasteiger partial charge < -0.3 is 58.3 Å². The van der Waals surface area contributed by atoms with Crippen LogP contribution in [-0.2, 0) is 54.8 Å². The summed E-state index contributed by atoms with van der Waals surface area (Å²) < 4.78 is 46.7. The second-order valence-corrected chi connectivity index (χ2v) is 18.8. The molecule has 4 atom stereocenters. The highest BCUT2D eigenvalue weighted by molar-refractivity contribution is 5.62. The monoisotopic (exact) mass is 951 g/mol. The standard InChI is InChI=1S/C29H42N2O4.C28H40N2O4/c1-3-4-17-33-21-23-6-9-25(10-7-23)26-12-13-30-20-29(26)35-22-24-8-11-28-27(19-24)31(15-18-34-28)14-5-16-32-2;1-3-15-32-20-22-5-8-24(9-6-22)25-11-12-29-19-28(25)34-21-23-7-10-27-26(18-23)30(14-17-33-27)13-4-16-31-2/h6-11,19,26,29-30H,3-5,12-18,20-22H2,1-2H3;5-10,18,25,28-29H,3-4,11-17,19-21H2,1-2H3/t26-,29+;25-,28+/m11/s1. The molecule has 2 N–H and O–H groups in total. The number of benzene rings is 4. The lowest BCUT2D eigenvalue weighted by Gasteiger charge is -2.33. The molecular weight excluding hydrogens is 869 g/mol. The minimum absolute atomic E-state index is 0.153. The summed E-state index contributed by atoms with van der Waals surface area (Å²) in [5, 5.41) is 7.04. The molecule has 2 fully saturated rings. The highest BCUT2D eigenvalue weighted by atomic mass is 16.5. The second-order valence-electron chi connectivity index (χ2n) is 18.8. The Hall–Kier alpha value is -4.24. The van der Waals surface area contributed by atoms with Crippen molar-refractivity contribution in [2.24, 2.45) is 0 Å². The number of nitrogens with zero attached hydrogens (tertiary/aromatic N) is 2. The Kier molecular flexibility index (Phi) is 22.2. The highest BCUT2D eigenvalue weighted by Gasteiger charge is 2.29. The minimum Gasteiger partial charge on any atom is -0.490 e. The van der Waals surface area contributed by atoms with E-state index < -0.39 is 0 Å². The molecule has 12 nitrogen and oxygen atoms in total. The quantitative estimate of drug-likeness (QED) is 0.0619. The molecule has 4 heterocycles. The third-order valence-corrected chi connectivity index (χ3v) is 13.6. The van der Waals surface area contributed by atoms with E-state index in [2.05, 4.69) is 119 Å². The Morgan fingerprint density at radius 3 is 1.43 bits per heavy atom. The van der Waals surface area contributed by atoms with Crippen LogP contribution < -0.4 is 29.9 Å². The molecule has 0 saturated carbocycles. The van der Waals surface area contributed by atoms with Crippen LogP contribution in [-0.4, -0.2) is 118 Å². The Balaban J connectivity index is 0.000000204. The third kappa shape index (κ3) is 16.1. The van der Waals surface area contributed by atoms with Gasteiger partial charge in [-0.25, -0.2) is 0 Å². The van der Waals surface area contributed by atoms with Gasteiger partial charge >= 0.3 is 0 Å². The lowest BCUT2D eigenvalue weighted by molar-refractivity contribution is 0.0105. The Morgan fingerprint density at radius 2 is 0.986 bits per heavy atom. The van der Waals surface area contributed by atoms with Gasteiger partial charge in [0.1, 0.15) is 24.7 Å². The van der Waals surface area contributed by atoms with Gasteiger partial charge in [0.15, 0.2) is 0 Å². The van der Waals surface area contributed by atoms with Gasteiger partial charge in [-0.1, -0.05) is 80.9 Å². The Morgan fingerprint density at radius 1 is 0.522 bits per heavy atom. The fraction of sp³-hybridized carbons (Fsp3) is 0.579. The molecule has 0 unspecified atom stereocenters. The lowest BCUT2D eigenvalue weighted by Crippen LogP contribution is -2.41. The molecular formula is C57H82N4O8. The molecule has 378 valence electrons. The number of fused-ring (bicyclic) bond motifs is 2. The third-order valence-electron chi connectivity index (χ3n) is 13.6. The van der Waals surface area contributed by atoms with E-state index >= 15 is 0 Å². The zero-order chi connectivity index (χ0) is 47.9. The number of piperidine rings is 2. The van der Waals surface area contributed by atoms with Crippen LogP contribution in [0.4, 0.5) is 11.4 Å². The number of hydrogen-bond donors (Lipinski definition) is 2. The van der Waals surface area contributed by atoms with Gasteiger partial charge in [0.25, 0.3) is 0 Å². The molecule has 0 bridgehead atoms. The van der Waals surface area contributed by atoms with Crippen molar-refractivity contribution < 1.29 is 37.9 Å². The first-order chi connectivity index (χ1) is 34.1. The van der Waals surface area contributed by atoms with Crippen molar-refractivity contribution in [3.8, 4) is 11.5 Å². The molecule has 8 rings (SSSR count). The molecule has 0 spiro atoms. The first-order valence-corrected chi connectivity index (χ1v) is 26.0. The maximum atomic E-state index is 6.52. The largest absolute Gasteiger partial charge is 0.490 e. The summed E-state index contributed by atoms with van der Waals surface area (Å²) in [7, 11) is 3.51. The van der Waals surface area contributed by atoms with Gasteiger partial charge in [-0.05, 0) is 109 Å². The molecule has 4 aliphatic rings. The van der Waals surface area contributed by atoms with Gasteiger partial charge in [-0.2, -0.15) is 0 Å². The fourth-order valence-electron chi connectivity index (χ4n) is 9.75. The van der Waals surface area contributed by atoms with Crippen molar-refractivity contribution >= 4 is 11.4 Å². The molecule has 0 radical (unpaired) electrons. The number of ether oxygens (including phenoxy) is 8. The van der Waals surface area contributed by atoms with E-state index in [1.807, 2.05) is 0 Å². The molecule has 4 aromatic rings. The minimum atomic E-state index is 0.153. The smallest absolute Gasteiger partial charge is 0.142 e. The maximum Gasteiger partial charge on any atom is 0.142 e. The van der Waals surface area contributed by atoms with Gasteiger partial charge in [-0.3, -0.25) is 0 Å². The van der Waals surface area contributed by atoms with Gasteiger partial charge in [0, 0.05) is 78.7 Å². The summed E-state index contributed by atoms with van der Waals surface area (Å²) in [4.78, 5) is 4.80. The number of nitrogens with one attached hydrogen (secondary N) is 2. The normalized spacial score (nSPS) is 20.0. The number of anilines is 2. The van der Waals surface area contributed by atoms with Gasteiger partial charge in [0.05, 0.1) is 63.1 Å². The predicted molar refractivity (Wildman–Crippen MR) is 276 cm³/mol. The van der Waals surface area contributed by atoms with Crippen LogP contribution in [0, 0.1) is 0 Å². The summed E-state index contributed by atoms with van der Waals surface area (Å²) in [6, 6.07) is 30.8. The van der Waals surface area contributed by atoms with E-state index in [9.17, 15) is 0 Å². The van der Waals surface area contributed by atoms with Crippen LogP contribution in [0.2, 0.25) is 0 Å². The molecule has 69 heavy (non-hydrogen) atoms. The Labute approximate surface area is 413 Å². The first kappa shape index (κ1) is 52.6. The predicted octanol–water partition coefficient (Wildman–Crippen LogP) is 9.41. The first-order valence-electron chi connectivity index (χ1n) is 26.0. The average Bonchev–Trinajstić information content (AvgIpc) is 3.40. The number of rotatable bonds is 25. The fourth-order valence-corrected chi connectivity index (χ4v) is 9.75. The highest BCUT2D eigenvalue weighted by Crippen LogP contribution is 2.36. The van der Waals surface area contributed by atoms with E-state index in [0.717, 1.165) is 142 Å². The van der Waals surface area contributed by atoms with Crippen LogP contribution >= 0.6 is 0 Å². The summed E-state index contributed by atoms with van der Waals surface area (Å²) in [6.07, 6.45) is 7.84. The topological polar surface area (TPSA) is 104 Å².